The van der Waals surface area contributed by atoms with Gasteiger partial charge in [-0.15, -0.1) is 0 Å². The molecule has 2 aromatic rings. The van der Waals surface area contributed by atoms with E-state index in [0.29, 0.717) is 10.3 Å². The van der Waals surface area contributed by atoms with Gasteiger partial charge in [-0.3, -0.25) is 4.79 Å². The summed E-state index contributed by atoms with van der Waals surface area (Å²) in [7, 11) is 0. The predicted octanol–water partition coefficient (Wildman–Crippen LogP) is 2.54. The molecule has 0 spiro atoms. The fraction of sp³-hybridized carbons (Fsp3) is 0. The monoisotopic (exact) mass is 312 g/mol. The number of rotatable bonds is 2. The first-order chi connectivity index (χ1) is 8.15. The normalized spacial score (nSPS) is 10.0. The van der Waals surface area contributed by atoms with Gasteiger partial charge >= 0.3 is 0 Å². The van der Waals surface area contributed by atoms with Crippen LogP contribution >= 0.6 is 27.5 Å². The number of hydrogen-bond donors (Lipinski definition) is 1. The minimum Gasteiger partial charge on any atom is -0.319 e. The Morgan fingerprint density at radius 2 is 2.00 bits per heavy atom. The largest absolute Gasteiger partial charge is 0.319 e. The topological polar surface area (TPSA) is 67.8 Å². The molecule has 0 aliphatic heterocycles. The first-order valence-corrected chi connectivity index (χ1v) is 5.73. The van der Waals surface area contributed by atoms with Gasteiger partial charge in [0.25, 0.3) is 5.91 Å². The van der Waals surface area contributed by atoms with E-state index in [0.717, 1.165) is 0 Å². The molecule has 86 valence electrons. The number of carbonyl (C=O) groups excluding carboxylic acids is 1. The fourth-order valence-corrected chi connectivity index (χ4v) is 1.41. The Kier molecular flexibility index (Phi) is 3.65. The van der Waals surface area contributed by atoms with Crippen LogP contribution in [0.15, 0.2) is 35.3 Å². The summed E-state index contributed by atoms with van der Waals surface area (Å²) in [5.41, 5.74) is 0.771. The number of pyridine rings is 1. The van der Waals surface area contributed by atoms with Gasteiger partial charge < -0.3 is 5.32 Å². The average Bonchev–Trinajstić information content (AvgIpc) is 2.33. The highest BCUT2D eigenvalue weighted by Gasteiger charge is 2.08. The van der Waals surface area contributed by atoms with Crippen molar-refractivity contribution in [2.75, 3.05) is 5.32 Å². The van der Waals surface area contributed by atoms with Gasteiger partial charge in [-0.2, -0.15) is 0 Å². The van der Waals surface area contributed by atoms with Crippen LogP contribution in [-0.2, 0) is 0 Å². The van der Waals surface area contributed by atoms with Crippen LogP contribution in [0.4, 0.5) is 5.69 Å². The lowest BCUT2D eigenvalue weighted by atomic mass is 10.3. The van der Waals surface area contributed by atoms with Crippen molar-refractivity contribution in [1.29, 1.82) is 0 Å². The summed E-state index contributed by atoms with van der Waals surface area (Å²) in [6.45, 7) is 0. The Labute approximate surface area is 110 Å². The fourth-order valence-electron chi connectivity index (χ4n) is 1.07. The van der Waals surface area contributed by atoms with Crippen molar-refractivity contribution in [1.82, 2.24) is 15.0 Å². The van der Waals surface area contributed by atoms with Crippen LogP contribution in [0.1, 0.15) is 10.5 Å². The average molecular weight is 314 g/mol. The van der Waals surface area contributed by atoms with E-state index in [2.05, 4.69) is 36.2 Å². The molecule has 0 radical (unpaired) electrons. The molecule has 17 heavy (non-hydrogen) atoms. The molecule has 0 unspecified atom stereocenters. The lowest BCUT2D eigenvalue weighted by molar-refractivity contribution is 0.102. The van der Waals surface area contributed by atoms with Gasteiger partial charge in [0.15, 0.2) is 0 Å². The van der Waals surface area contributed by atoms with Crippen LogP contribution in [0.3, 0.4) is 0 Å². The van der Waals surface area contributed by atoms with Crippen molar-refractivity contribution in [2.24, 2.45) is 0 Å². The van der Waals surface area contributed by atoms with Crippen molar-refractivity contribution in [3.8, 4) is 0 Å². The summed E-state index contributed by atoms with van der Waals surface area (Å²) >= 11 is 8.78. The minimum atomic E-state index is -0.363. The number of halogens is 2. The second-order valence-corrected chi connectivity index (χ2v) is 4.25. The van der Waals surface area contributed by atoms with Crippen LogP contribution in [0.2, 0.25) is 5.15 Å². The summed E-state index contributed by atoms with van der Waals surface area (Å²) in [5, 5.41) is 2.88. The van der Waals surface area contributed by atoms with Gasteiger partial charge in [-0.05, 0) is 28.1 Å². The highest BCUT2D eigenvalue weighted by atomic mass is 79.9. The smallest absolute Gasteiger partial charge is 0.275 e. The van der Waals surface area contributed by atoms with Crippen LogP contribution in [0.25, 0.3) is 0 Å². The number of nitrogens with zero attached hydrogens (tertiary/aromatic N) is 3. The highest BCUT2D eigenvalue weighted by molar-refractivity contribution is 9.10. The summed E-state index contributed by atoms with van der Waals surface area (Å²) in [6.07, 6.45) is 4.16. The number of nitrogens with one attached hydrogen (secondary N) is 1. The number of anilines is 1. The Bertz CT molecular complexity index is 529. The standard InChI is InChI=1S/C10H6BrClN4O/c11-8-2-1-6(3-14-8)16-10(17)7-4-15-9(12)5-13-7/h1-5H,(H,16,17). The zero-order valence-corrected chi connectivity index (χ0v) is 10.7. The number of carbonyl (C=O) groups is 1. The lowest BCUT2D eigenvalue weighted by Crippen LogP contribution is -2.14. The minimum absolute atomic E-state index is 0.192. The van der Waals surface area contributed by atoms with Gasteiger partial charge in [0, 0.05) is 0 Å². The zero-order chi connectivity index (χ0) is 12.3. The quantitative estimate of drug-likeness (QED) is 0.865. The molecule has 0 atom stereocenters. The summed E-state index contributed by atoms with van der Waals surface area (Å²) in [5.74, 6) is -0.363. The maximum atomic E-state index is 11.7. The summed E-state index contributed by atoms with van der Waals surface area (Å²) in [4.78, 5) is 23.3. The number of aromatic nitrogens is 3. The van der Waals surface area contributed by atoms with Crippen LogP contribution < -0.4 is 5.32 Å². The van der Waals surface area contributed by atoms with Gasteiger partial charge in [0.1, 0.15) is 15.5 Å². The van der Waals surface area contributed by atoms with Crippen molar-refractivity contribution < 1.29 is 4.79 Å². The molecule has 1 N–H and O–H groups in total. The first-order valence-electron chi connectivity index (χ1n) is 4.55. The third-order valence-corrected chi connectivity index (χ3v) is 2.50. The first kappa shape index (κ1) is 11.9. The molecule has 2 aromatic heterocycles. The molecule has 2 heterocycles. The maximum Gasteiger partial charge on any atom is 0.275 e. The maximum absolute atomic E-state index is 11.7. The van der Waals surface area contributed by atoms with E-state index in [1.165, 1.54) is 18.6 Å². The molecule has 5 nitrogen and oxygen atoms in total. The molecule has 2 rings (SSSR count). The van der Waals surface area contributed by atoms with E-state index in [1.807, 2.05) is 0 Å². The van der Waals surface area contributed by atoms with Crippen LogP contribution in [0.5, 0.6) is 0 Å². The predicted molar refractivity (Wildman–Crippen MR) is 66.9 cm³/mol. The van der Waals surface area contributed by atoms with Crippen LogP contribution in [-0.4, -0.2) is 20.9 Å². The van der Waals surface area contributed by atoms with Gasteiger partial charge in [0.05, 0.1) is 24.3 Å². The molecular weight excluding hydrogens is 307 g/mol. The molecule has 0 saturated carbocycles. The molecule has 1 amide bonds. The van der Waals surface area contributed by atoms with E-state index in [4.69, 9.17) is 11.6 Å². The summed E-state index contributed by atoms with van der Waals surface area (Å²) < 4.78 is 0.696. The zero-order valence-electron chi connectivity index (χ0n) is 8.39. The number of amides is 1. The summed E-state index contributed by atoms with van der Waals surface area (Å²) in [6, 6.07) is 3.45. The van der Waals surface area contributed by atoms with Gasteiger partial charge in [0.2, 0.25) is 0 Å². The molecule has 0 aliphatic carbocycles. The molecule has 0 aromatic carbocycles. The second kappa shape index (κ2) is 5.20. The third kappa shape index (κ3) is 3.21. The third-order valence-electron chi connectivity index (χ3n) is 1.84. The molecule has 7 heteroatoms. The van der Waals surface area contributed by atoms with Gasteiger partial charge in [-0.1, -0.05) is 11.6 Å². The molecule has 0 saturated heterocycles. The van der Waals surface area contributed by atoms with Crippen molar-refractivity contribution in [3.05, 3.63) is 46.2 Å². The molecule has 0 bridgehead atoms. The van der Waals surface area contributed by atoms with Gasteiger partial charge in [-0.25, -0.2) is 15.0 Å². The Morgan fingerprint density at radius 3 is 2.59 bits per heavy atom. The highest BCUT2D eigenvalue weighted by Crippen LogP contribution is 2.11. The second-order valence-electron chi connectivity index (χ2n) is 3.05. The Morgan fingerprint density at radius 1 is 1.18 bits per heavy atom. The SMILES string of the molecule is O=C(Nc1ccc(Br)nc1)c1cnc(Cl)cn1. The van der Waals surface area contributed by atoms with E-state index in [1.54, 1.807) is 12.1 Å². The van der Waals surface area contributed by atoms with E-state index in [9.17, 15) is 4.79 Å². The van der Waals surface area contributed by atoms with E-state index < -0.39 is 0 Å². The van der Waals surface area contributed by atoms with Crippen LogP contribution in [0, 0.1) is 0 Å². The van der Waals surface area contributed by atoms with Crippen molar-refractivity contribution in [3.63, 3.8) is 0 Å². The molecule has 0 aliphatic rings. The number of hydrogen-bond acceptors (Lipinski definition) is 4. The van der Waals surface area contributed by atoms with E-state index >= 15 is 0 Å². The van der Waals surface area contributed by atoms with Crippen molar-refractivity contribution >= 4 is 39.1 Å². The molecular formula is C10H6BrClN4O. The molecule has 0 fully saturated rings. The Hall–Kier alpha value is -1.53. The Balaban J connectivity index is 2.11. The lowest BCUT2D eigenvalue weighted by Gasteiger charge is -2.03. The van der Waals surface area contributed by atoms with E-state index in [-0.39, 0.29) is 16.8 Å². The van der Waals surface area contributed by atoms with Crippen molar-refractivity contribution in [2.45, 2.75) is 0 Å².